The van der Waals surface area contributed by atoms with Crippen molar-refractivity contribution in [2.75, 3.05) is 19.6 Å². The van der Waals surface area contributed by atoms with Crippen LogP contribution in [-0.4, -0.2) is 82.1 Å². The van der Waals surface area contributed by atoms with Gasteiger partial charge in [0.1, 0.15) is 0 Å². The molecule has 6 fully saturated rings. The minimum Gasteiger partial charge on any atom is -0.363 e. The van der Waals surface area contributed by atoms with E-state index >= 15 is 4.79 Å². The van der Waals surface area contributed by atoms with E-state index in [9.17, 15) is 24.0 Å². The summed E-state index contributed by atoms with van der Waals surface area (Å²) in [5.74, 6) is -3.46. The Morgan fingerprint density at radius 1 is 0.796 bits per heavy atom. The molecule has 0 radical (unpaired) electrons. The van der Waals surface area contributed by atoms with Gasteiger partial charge in [-0.2, -0.15) is 0 Å². The third kappa shape index (κ3) is 7.12. The van der Waals surface area contributed by atoms with E-state index in [2.05, 4.69) is 24.1 Å². The van der Waals surface area contributed by atoms with E-state index in [0.29, 0.717) is 25.3 Å². The fourth-order valence-corrected chi connectivity index (χ4v) is 12.1. The Hall–Kier alpha value is -2.62. The molecule has 1 unspecified atom stereocenters. The molecule has 0 aromatic rings. The van der Waals surface area contributed by atoms with Crippen molar-refractivity contribution in [1.82, 2.24) is 15.1 Å². The molecule has 2 aliphatic heterocycles. The van der Waals surface area contributed by atoms with Crippen molar-refractivity contribution in [1.29, 1.82) is 0 Å². The molecule has 5 atom stereocenters. The summed E-state index contributed by atoms with van der Waals surface area (Å²) < 4.78 is 0. The predicted molar refractivity (Wildman–Crippen MR) is 208 cm³/mol. The molecule has 3 N–H and O–H groups in total. The zero-order chi connectivity index (χ0) is 39.4. The van der Waals surface area contributed by atoms with E-state index in [1.165, 1.54) is 0 Å². The molecule has 6 rings (SSSR count). The standard InChI is InChI=1S/C44H70N4O6/c1-40(2,3)31(25-34(50)35(29-17-9-8-10-18-29)46-39(54)41(4,5)47-21-11-12-22-47)38(53)48-27-44(42(6,7)43(44)19-14-20-43)26-32(48)33(49)24-30(36(51)37(45)52)23-28-15-13-16-28/h28-32,35H,8-27H2,1-7H3,(H2,45,52)(H,46,54)/t30?,31-,32+,35+,44-/m1/s1. The lowest BCUT2D eigenvalue weighted by Gasteiger charge is -2.39. The van der Waals surface area contributed by atoms with Crippen molar-refractivity contribution in [3.63, 3.8) is 0 Å². The third-order valence-electron chi connectivity index (χ3n) is 16.3. The molecule has 2 spiro atoms. The second-order valence-corrected chi connectivity index (χ2v) is 20.6. The van der Waals surface area contributed by atoms with Crippen LogP contribution in [0.4, 0.5) is 0 Å². The van der Waals surface area contributed by atoms with Gasteiger partial charge in [-0.25, -0.2) is 0 Å². The van der Waals surface area contributed by atoms with Gasteiger partial charge in [-0.05, 0) is 106 Å². The van der Waals surface area contributed by atoms with E-state index in [1.807, 2.05) is 34.6 Å². The van der Waals surface area contributed by atoms with Crippen molar-refractivity contribution < 1.29 is 28.8 Å². The van der Waals surface area contributed by atoms with Crippen molar-refractivity contribution in [3.8, 4) is 0 Å². The number of nitrogens with two attached hydrogens (primary N) is 1. The van der Waals surface area contributed by atoms with Crippen LogP contribution in [0, 0.1) is 45.3 Å². The summed E-state index contributed by atoms with van der Waals surface area (Å²) in [6.45, 7) is 16.6. The Kier molecular flexibility index (Phi) is 11.4. The van der Waals surface area contributed by atoms with E-state index in [1.54, 1.807) is 4.90 Å². The number of hydrogen-bond donors (Lipinski definition) is 2. The van der Waals surface area contributed by atoms with Crippen molar-refractivity contribution >= 4 is 35.1 Å². The van der Waals surface area contributed by atoms with E-state index in [-0.39, 0.29) is 58.4 Å². The number of carbonyl (C=O) groups excluding carboxylic acids is 6. The number of primary amides is 1. The summed E-state index contributed by atoms with van der Waals surface area (Å²) in [5.41, 5.74) is 3.96. The van der Waals surface area contributed by atoms with Gasteiger partial charge >= 0.3 is 0 Å². The number of likely N-dealkylation sites (tertiary alicyclic amines) is 2. The lowest BCUT2D eigenvalue weighted by molar-refractivity contribution is -0.147. The Morgan fingerprint density at radius 2 is 1.43 bits per heavy atom. The highest BCUT2D eigenvalue weighted by Gasteiger charge is 2.85. The van der Waals surface area contributed by atoms with Crippen LogP contribution in [0.2, 0.25) is 0 Å². The lowest BCUT2D eigenvalue weighted by atomic mass is 9.73. The van der Waals surface area contributed by atoms with Crippen LogP contribution >= 0.6 is 0 Å². The number of amides is 3. The molecule has 302 valence electrons. The predicted octanol–water partition coefficient (Wildman–Crippen LogP) is 6.16. The topological polar surface area (TPSA) is 147 Å². The van der Waals surface area contributed by atoms with Crippen molar-refractivity contribution in [2.45, 2.75) is 175 Å². The second-order valence-electron chi connectivity index (χ2n) is 20.6. The van der Waals surface area contributed by atoms with Gasteiger partial charge < -0.3 is 16.0 Å². The third-order valence-corrected chi connectivity index (χ3v) is 16.3. The zero-order valence-corrected chi connectivity index (χ0v) is 34.5. The number of carbonyl (C=O) groups is 6. The highest BCUT2D eigenvalue weighted by molar-refractivity contribution is 6.36. The van der Waals surface area contributed by atoms with Crippen LogP contribution in [-0.2, 0) is 28.8 Å². The van der Waals surface area contributed by atoms with E-state index in [0.717, 1.165) is 96.6 Å². The van der Waals surface area contributed by atoms with Gasteiger partial charge in [0, 0.05) is 36.6 Å². The van der Waals surface area contributed by atoms with E-state index in [4.69, 9.17) is 5.73 Å². The molecule has 2 heterocycles. The van der Waals surface area contributed by atoms with Gasteiger partial charge in [0.2, 0.25) is 17.6 Å². The van der Waals surface area contributed by atoms with Gasteiger partial charge in [0.05, 0.1) is 17.6 Å². The minimum absolute atomic E-state index is 0.0165. The molecule has 10 nitrogen and oxygen atoms in total. The molecule has 4 saturated carbocycles. The van der Waals surface area contributed by atoms with Crippen LogP contribution < -0.4 is 11.1 Å². The molecule has 2 saturated heterocycles. The monoisotopic (exact) mass is 751 g/mol. The Balaban J connectivity index is 1.27. The van der Waals surface area contributed by atoms with Gasteiger partial charge in [-0.3, -0.25) is 33.7 Å². The molecule has 3 amide bonds. The average molecular weight is 751 g/mol. The molecule has 0 bridgehead atoms. The first-order valence-corrected chi connectivity index (χ1v) is 21.5. The first-order chi connectivity index (χ1) is 25.3. The molecule has 0 aromatic carbocycles. The number of ketones is 3. The van der Waals surface area contributed by atoms with Crippen LogP contribution in [0.3, 0.4) is 0 Å². The van der Waals surface area contributed by atoms with Gasteiger partial charge in [-0.1, -0.05) is 79.6 Å². The quantitative estimate of drug-likeness (QED) is 0.191. The first kappa shape index (κ1) is 41.0. The highest BCUT2D eigenvalue weighted by Crippen LogP contribution is 2.88. The number of hydrogen-bond acceptors (Lipinski definition) is 7. The largest absolute Gasteiger partial charge is 0.363 e. The summed E-state index contributed by atoms with van der Waals surface area (Å²) in [4.78, 5) is 87.6. The minimum atomic E-state index is -1.01. The molecule has 6 aliphatic rings. The maximum Gasteiger partial charge on any atom is 0.285 e. The number of Topliss-reactive ketones (excluding diaryl/α,β-unsaturated/α-hetero) is 3. The van der Waals surface area contributed by atoms with Gasteiger partial charge in [-0.15, -0.1) is 0 Å². The molecular weight excluding hydrogens is 681 g/mol. The lowest BCUT2D eigenvalue weighted by Crippen LogP contribution is -2.59. The SMILES string of the molecule is CC(C)(C)[C@H](CC(=O)[C@@H](NC(=O)C(C)(C)N1CCCC1)C1CCCCC1)C(=O)N1C[C@]2(C[C@H]1C(=O)CC(CC1CCC1)C(=O)C(N)=O)C(C)(C)C21CCC1. The number of nitrogens with zero attached hydrogens (tertiary/aromatic N) is 2. The number of nitrogens with one attached hydrogen (secondary N) is 1. The molecule has 0 aromatic heterocycles. The number of rotatable bonds is 15. The summed E-state index contributed by atoms with van der Waals surface area (Å²) in [6.07, 6.45) is 14.2. The van der Waals surface area contributed by atoms with E-state index < -0.39 is 46.6 Å². The Labute approximate surface area is 324 Å². The summed E-state index contributed by atoms with van der Waals surface area (Å²) >= 11 is 0. The maximum atomic E-state index is 15.2. The smallest absolute Gasteiger partial charge is 0.285 e. The van der Waals surface area contributed by atoms with Crippen LogP contribution in [0.25, 0.3) is 0 Å². The van der Waals surface area contributed by atoms with Crippen molar-refractivity contribution in [2.24, 2.45) is 51.1 Å². The number of fused-ring (bicyclic) bond motifs is 1. The van der Waals surface area contributed by atoms with Gasteiger partial charge in [0.15, 0.2) is 11.6 Å². The maximum absolute atomic E-state index is 15.2. The van der Waals surface area contributed by atoms with Crippen LogP contribution in [0.1, 0.15) is 158 Å². The summed E-state index contributed by atoms with van der Waals surface area (Å²) in [6, 6.07) is -1.40. The first-order valence-electron chi connectivity index (χ1n) is 21.5. The van der Waals surface area contributed by atoms with Crippen molar-refractivity contribution in [3.05, 3.63) is 0 Å². The second kappa shape index (κ2) is 15.0. The summed E-state index contributed by atoms with van der Waals surface area (Å²) in [5, 5.41) is 3.24. The highest BCUT2D eigenvalue weighted by atomic mass is 16.2. The van der Waals surface area contributed by atoms with Crippen LogP contribution in [0.5, 0.6) is 0 Å². The Bertz CT molecular complexity index is 1490. The molecule has 54 heavy (non-hydrogen) atoms. The molecule has 4 aliphatic carbocycles. The molecule has 10 heteroatoms. The average Bonchev–Trinajstić information content (AvgIpc) is 3.57. The molecular formula is C44H70N4O6. The fraction of sp³-hybridized carbons (Fsp3) is 0.864. The summed E-state index contributed by atoms with van der Waals surface area (Å²) in [7, 11) is 0. The fourth-order valence-electron chi connectivity index (χ4n) is 12.1. The Morgan fingerprint density at radius 3 is 1.93 bits per heavy atom. The zero-order valence-electron chi connectivity index (χ0n) is 34.5. The normalized spacial score (nSPS) is 28.6. The van der Waals surface area contributed by atoms with Gasteiger partial charge in [0.25, 0.3) is 5.91 Å². The van der Waals surface area contributed by atoms with Crippen LogP contribution in [0.15, 0.2) is 0 Å².